The Hall–Kier alpha value is -1.87. The van der Waals surface area contributed by atoms with Gasteiger partial charge in [-0.05, 0) is 43.4 Å². The predicted octanol–water partition coefficient (Wildman–Crippen LogP) is 1.94. The van der Waals surface area contributed by atoms with Crippen LogP contribution < -0.4 is 10.6 Å². The highest BCUT2D eigenvalue weighted by molar-refractivity contribution is 6.30. The summed E-state index contributed by atoms with van der Waals surface area (Å²) < 4.78 is 5.52. The van der Waals surface area contributed by atoms with Crippen LogP contribution in [0, 0.1) is 0 Å². The number of hydrogen-bond donors (Lipinski definition) is 2. The minimum Gasteiger partial charge on any atom is -0.376 e. The first-order valence-electron chi connectivity index (χ1n) is 10.4. The van der Waals surface area contributed by atoms with E-state index in [0.717, 1.165) is 25.0 Å². The molecular formula is C21H28Cl2N4O4. The van der Waals surface area contributed by atoms with Crippen LogP contribution in [0.1, 0.15) is 31.2 Å². The number of nitrogens with one attached hydrogen (secondary N) is 2. The number of piperidine rings is 1. The second-order valence-electron chi connectivity index (χ2n) is 8.25. The zero-order chi connectivity index (χ0) is 21.1. The molecule has 2 N–H and O–H groups in total. The van der Waals surface area contributed by atoms with Crippen LogP contribution in [0.15, 0.2) is 24.3 Å². The normalized spacial score (nSPS) is 23.0. The molecule has 0 radical (unpaired) electrons. The number of amides is 4. The number of ether oxygens (including phenoxy) is 1. The Morgan fingerprint density at radius 1 is 1.23 bits per heavy atom. The molecule has 0 aliphatic carbocycles. The SMILES string of the molecule is Cl.O=C(CN1CCC2(CC1)NC(=O)N(Cc1ccc(Cl)cc1)C2=O)NCC1CCCO1. The maximum atomic E-state index is 13.0. The van der Waals surface area contributed by atoms with Gasteiger partial charge in [-0.2, -0.15) is 0 Å². The van der Waals surface area contributed by atoms with E-state index in [9.17, 15) is 14.4 Å². The Morgan fingerprint density at radius 2 is 1.94 bits per heavy atom. The predicted molar refractivity (Wildman–Crippen MR) is 118 cm³/mol. The van der Waals surface area contributed by atoms with Gasteiger partial charge in [0.2, 0.25) is 5.91 Å². The molecule has 3 aliphatic rings. The van der Waals surface area contributed by atoms with Gasteiger partial charge in [-0.1, -0.05) is 23.7 Å². The van der Waals surface area contributed by atoms with E-state index in [-0.39, 0.29) is 42.9 Å². The van der Waals surface area contributed by atoms with Gasteiger partial charge >= 0.3 is 6.03 Å². The number of halogens is 2. The van der Waals surface area contributed by atoms with Crippen molar-refractivity contribution in [3.8, 4) is 0 Å². The molecular weight excluding hydrogens is 443 g/mol. The minimum absolute atomic E-state index is 0. The first-order chi connectivity index (χ1) is 14.4. The fourth-order valence-corrected chi connectivity index (χ4v) is 4.44. The number of likely N-dealkylation sites (tertiary alicyclic amines) is 1. The zero-order valence-electron chi connectivity index (χ0n) is 17.3. The molecule has 3 heterocycles. The van der Waals surface area contributed by atoms with E-state index < -0.39 is 5.54 Å². The van der Waals surface area contributed by atoms with Gasteiger partial charge in [0.05, 0.1) is 19.2 Å². The number of nitrogens with zero attached hydrogens (tertiary/aromatic N) is 2. The fourth-order valence-electron chi connectivity index (χ4n) is 4.32. The van der Waals surface area contributed by atoms with E-state index in [4.69, 9.17) is 16.3 Å². The van der Waals surface area contributed by atoms with Crippen LogP contribution in [0.5, 0.6) is 0 Å². The lowest BCUT2D eigenvalue weighted by molar-refractivity contribution is -0.133. The van der Waals surface area contributed by atoms with E-state index in [0.29, 0.717) is 44.0 Å². The van der Waals surface area contributed by atoms with Crippen LogP contribution >= 0.6 is 24.0 Å². The molecule has 3 aliphatic heterocycles. The molecule has 1 atom stereocenters. The van der Waals surface area contributed by atoms with Crippen molar-refractivity contribution in [2.45, 2.75) is 43.9 Å². The molecule has 1 unspecified atom stereocenters. The second kappa shape index (κ2) is 10.2. The Labute approximate surface area is 193 Å². The molecule has 4 rings (SSSR count). The summed E-state index contributed by atoms with van der Waals surface area (Å²) in [5.41, 5.74) is -0.0194. The quantitative estimate of drug-likeness (QED) is 0.619. The Morgan fingerprint density at radius 3 is 2.58 bits per heavy atom. The van der Waals surface area contributed by atoms with E-state index in [1.165, 1.54) is 4.90 Å². The third-order valence-electron chi connectivity index (χ3n) is 6.13. The van der Waals surface area contributed by atoms with Crippen molar-refractivity contribution in [1.82, 2.24) is 20.4 Å². The molecule has 8 nitrogen and oxygen atoms in total. The number of benzene rings is 1. The van der Waals surface area contributed by atoms with Gasteiger partial charge in [0.25, 0.3) is 5.91 Å². The van der Waals surface area contributed by atoms with Crippen LogP contribution in [0.2, 0.25) is 5.02 Å². The molecule has 1 spiro atoms. The summed E-state index contributed by atoms with van der Waals surface area (Å²) in [5.74, 6) is -0.225. The van der Waals surface area contributed by atoms with Gasteiger partial charge in [-0.15, -0.1) is 12.4 Å². The highest BCUT2D eigenvalue weighted by atomic mass is 35.5. The van der Waals surface area contributed by atoms with E-state index in [1.807, 2.05) is 17.0 Å². The lowest BCUT2D eigenvalue weighted by Crippen LogP contribution is -2.56. The van der Waals surface area contributed by atoms with Crippen molar-refractivity contribution < 1.29 is 19.1 Å². The monoisotopic (exact) mass is 470 g/mol. The molecule has 0 bridgehead atoms. The summed E-state index contributed by atoms with van der Waals surface area (Å²) >= 11 is 5.91. The molecule has 0 saturated carbocycles. The molecule has 1 aromatic rings. The van der Waals surface area contributed by atoms with Crippen molar-refractivity contribution in [2.24, 2.45) is 0 Å². The van der Waals surface area contributed by atoms with Gasteiger partial charge in [-0.25, -0.2) is 4.79 Å². The van der Waals surface area contributed by atoms with Crippen LogP contribution in [0.3, 0.4) is 0 Å². The van der Waals surface area contributed by atoms with Gasteiger partial charge in [0.1, 0.15) is 5.54 Å². The second-order valence-corrected chi connectivity index (χ2v) is 8.68. The average Bonchev–Trinajstić information content (AvgIpc) is 3.33. The number of hydrogen-bond acceptors (Lipinski definition) is 5. The maximum absolute atomic E-state index is 13.0. The van der Waals surface area contributed by atoms with Gasteiger partial charge in [0, 0.05) is 31.3 Å². The lowest BCUT2D eigenvalue weighted by atomic mass is 9.87. The molecule has 1 aromatic carbocycles. The number of carbonyl (C=O) groups is 3. The van der Waals surface area contributed by atoms with Crippen LogP contribution in [-0.4, -0.2) is 72.1 Å². The van der Waals surface area contributed by atoms with Gasteiger partial charge < -0.3 is 15.4 Å². The van der Waals surface area contributed by atoms with Crippen molar-refractivity contribution in [2.75, 3.05) is 32.8 Å². The maximum Gasteiger partial charge on any atom is 0.325 e. The highest BCUT2D eigenvalue weighted by Crippen LogP contribution is 2.30. The number of imide groups is 1. The Balaban J connectivity index is 0.00000272. The Bertz CT molecular complexity index is 806. The highest BCUT2D eigenvalue weighted by Gasteiger charge is 2.52. The van der Waals surface area contributed by atoms with Crippen LogP contribution in [0.4, 0.5) is 4.79 Å². The number of rotatable bonds is 6. The van der Waals surface area contributed by atoms with E-state index in [2.05, 4.69) is 10.6 Å². The molecule has 170 valence electrons. The zero-order valence-corrected chi connectivity index (χ0v) is 18.8. The average molecular weight is 471 g/mol. The standard InChI is InChI=1S/C21H27ClN4O4.ClH/c22-16-5-3-15(4-6-16)13-26-19(28)21(24-20(26)29)7-9-25(10-8-21)14-18(27)23-12-17-2-1-11-30-17;/h3-6,17H,1-2,7-14H2,(H,23,27)(H,24,29);1H. The smallest absolute Gasteiger partial charge is 0.325 e. The number of urea groups is 1. The van der Waals surface area contributed by atoms with E-state index in [1.54, 1.807) is 12.1 Å². The largest absolute Gasteiger partial charge is 0.376 e. The minimum atomic E-state index is -0.867. The summed E-state index contributed by atoms with van der Waals surface area (Å²) in [7, 11) is 0. The first kappa shape index (κ1) is 23.8. The third kappa shape index (κ3) is 5.49. The summed E-state index contributed by atoms with van der Waals surface area (Å²) in [6, 6.07) is 6.75. The Kier molecular flexibility index (Phi) is 7.80. The van der Waals surface area contributed by atoms with Gasteiger partial charge in [-0.3, -0.25) is 19.4 Å². The first-order valence-corrected chi connectivity index (χ1v) is 10.8. The third-order valence-corrected chi connectivity index (χ3v) is 6.38. The molecule has 31 heavy (non-hydrogen) atoms. The molecule has 10 heteroatoms. The van der Waals surface area contributed by atoms with Crippen molar-refractivity contribution in [1.29, 1.82) is 0 Å². The van der Waals surface area contributed by atoms with Crippen LogP contribution in [-0.2, 0) is 20.9 Å². The molecule has 3 fully saturated rings. The summed E-state index contributed by atoms with van der Waals surface area (Å²) in [4.78, 5) is 41.0. The summed E-state index contributed by atoms with van der Waals surface area (Å²) in [5, 5.41) is 6.44. The van der Waals surface area contributed by atoms with Crippen LogP contribution in [0.25, 0.3) is 0 Å². The topological polar surface area (TPSA) is 91.0 Å². The number of carbonyl (C=O) groups excluding carboxylic acids is 3. The molecule has 4 amide bonds. The lowest BCUT2D eigenvalue weighted by Gasteiger charge is -2.37. The van der Waals surface area contributed by atoms with E-state index >= 15 is 0 Å². The fraction of sp³-hybridized carbons (Fsp3) is 0.571. The van der Waals surface area contributed by atoms with Crippen molar-refractivity contribution >= 4 is 41.9 Å². The summed E-state index contributed by atoms with van der Waals surface area (Å²) in [6.07, 6.45) is 3.14. The molecule has 3 saturated heterocycles. The van der Waals surface area contributed by atoms with Gasteiger partial charge in [0.15, 0.2) is 0 Å². The van der Waals surface area contributed by atoms with Crippen molar-refractivity contribution in [3.63, 3.8) is 0 Å². The molecule has 0 aromatic heterocycles. The summed E-state index contributed by atoms with van der Waals surface area (Å²) in [6.45, 7) is 2.98. The van der Waals surface area contributed by atoms with Crippen molar-refractivity contribution in [3.05, 3.63) is 34.9 Å².